The predicted molar refractivity (Wildman–Crippen MR) is 94.6 cm³/mol. The summed E-state index contributed by atoms with van der Waals surface area (Å²) in [5.41, 5.74) is 4.53. The first-order valence-electron chi connectivity index (χ1n) is 9.88. The largest absolute Gasteiger partial charge is 0.0995 e. The molecule has 0 aromatic heterocycles. The van der Waals surface area contributed by atoms with Crippen molar-refractivity contribution in [3.63, 3.8) is 0 Å². The molecule has 0 saturated heterocycles. The topological polar surface area (TPSA) is 0 Å². The second-order valence-electron chi connectivity index (χ2n) is 9.33. The molecule has 3 fully saturated rings. The van der Waals surface area contributed by atoms with Gasteiger partial charge in [-0.25, -0.2) is 0 Å². The van der Waals surface area contributed by atoms with Gasteiger partial charge in [-0.15, -0.1) is 0 Å². The maximum atomic E-state index is 4.50. The van der Waals surface area contributed by atoms with Gasteiger partial charge in [0.05, 0.1) is 0 Å². The molecule has 0 aromatic carbocycles. The molecule has 122 valence electrons. The summed E-state index contributed by atoms with van der Waals surface area (Å²) in [7, 11) is 0. The van der Waals surface area contributed by atoms with E-state index in [-0.39, 0.29) is 0 Å². The highest BCUT2D eigenvalue weighted by Gasteiger charge is 2.58. The molecule has 4 aliphatic carbocycles. The van der Waals surface area contributed by atoms with E-state index in [1.54, 1.807) is 5.57 Å². The van der Waals surface area contributed by atoms with Crippen LogP contribution in [0.15, 0.2) is 23.8 Å². The van der Waals surface area contributed by atoms with E-state index < -0.39 is 0 Å². The zero-order valence-electron chi connectivity index (χ0n) is 15.0. The van der Waals surface area contributed by atoms with Gasteiger partial charge < -0.3 is 0 Å². The minimum absolute atomic E-state index is 0.550. The molecule has 0 heterocycles. The fourth-order valence-corrected chi connectivity index (χ4v) is 7.51. The molecule has 0 amide bonds. The molecule has 0 unspecified atom stereocenters. The smallest absolute Gasteiger partial charge is 0.00853 e. The minimum Gasteiger partial charge on any atom is -0.0995 e. The summed E-state index contributed by atoms with van der Waals surface area (Å²) >= 11 is 0. The molecule has 0 heteroatoms. The van der Waals surface area contributed by atoms with Gasteiger partial charge in [-0.05, 0) is 85.9 Å². The van der Waals surface area contributed by atoms with Gasteiger partial charge in [0, 0.05) is 0 Å². The molecular weight excluding hydrogens is 264 g/mol. The third kappa shape index (κ3) is 1.82. The van der Waals surface area contributed by atoms with Crippen LogP contribution in [0.4, 0.5) is 0 Å². The maximum Gasteiger partial charge on any atom is -0.00853 e. The summed E-state index contributed by atoms with van der Waals surface area (Å²) in [4.78, 5) is 0. The zero-order chi connectivity index (χ0) is 15.5. The van der Waals surface area contributed by atoms with Crippen molar-refractivity contribution in [1.29, 1.82) is 0 Å². The highest BCUT2D eigenvalue weighted by atomic mass is 14.6. The highest BCUT2D eigenvalue weighted by Crippen LogP contribution is 2.67. The Balaban J connectivity index is 1.70. The third-order valence-corrected chi connectivity index (χ3v) is 8.63. The lowest BCUT2D eigenvalue weighted by Gasteiger charge is -2.57. The van der Waals surface area contributed by atoms with Gasteiger partial charge in [-0.3, -0.25) is 0 Å². The Morgan fingerprint density at radius 1 is 1.18 bits per heavy atom. The second-order valence-corrected chi connectivity index (χ2v) is 9.33. The van der Waals surface area contributed by atoms with Crippen LogP contribution in [0.1, 0.15) is 78.6 Å². The highest BCUT2D eigenvalue weighted by molar-refractivity contribution is 5.27. The lowest BCUT2D eigenvalue weighted by molar-refractivity contribution is -0.0409. The Labute approximate surface area is 137 Å². The zero-order valence-corrected chi connectivity index (χ0v) is 15.0. The van der Waals surface area contributed by atoms with Crippen molar-refractivity contribution in [2.75, 3.05) is 0 Å². The van der Waals surface area contributed by atoms with Crippen LogP contribution in [0.2, 0.25) is 0 Å². The van der Waals surface area contributed by atoms with Crippen LogP contribution in [-0.4, -0.2) is 0 Å². The van der Waals surface area contributed by atoms with Gasteiger partial charge in [0.2, 0.25) is 0 Å². The van der Waals surface area contributed by atoms with Crippen molar-refractivity contribution in [3.05, 3.63) is 23.8 Å². The Morgan fingerprint density at radius 3 is 2.77 bits per heavy atom. The van der Waals surface area contributed by atoms with Gasteiger partial charge in [-0.1, -0.05) is 51.0 Å². The average Bonchev–Trinajstić information content (AvgIpc) is 2.76. The lowest BCUT2D eigenvalue weighted by atomic mass is 9.47. The van der Waals surface area contributed by atoms with Crippen LogP contribution in [0.3, 0.4) is 0 Å². The lowest BCUT2D eigenvalue weighted by Crippen LogP contribution is -2.49. The van der Waals surface area contributed by atoms with Crippen molar-refractivity contribution in [2.45, 2.75) is 78.6 Å². The normalized spacial score (nSPS) is 50.9. The quantitative estimate of drug-likeness (QED) is 0.483. The summed E-state index contributed by atoms with van der Waals surface area (Å²) in [6, 6.07) is 0. The van der Waals surface area contributed by atoms with Gasteiger partial charge in [-0.2, -0.15) is 0 Å². The fourth-order valence-electron chi connectivity index (χ4n) is 7.51. The first-order chi connectivity index (χ1) is 10.5. The molecule has 0 aliphatic heterocycles. The number of hydrogen-bond acceptors (Lipinski definition) is 0. The Hall–Kier alpha value is -0.520. The molecule has 0 nitrogen and oxygen atoms in total. The maximum absolute atomic E-state index is 4.50. The summed E-state index contributed by atoms with van der Waals surface area (Å²) in [5.74, 6) is 3.62. The van der Waals surface area contributed by atoms with Crippen LogP contribution < -0.4 is 0 Å². The van der Waals surface area contributed by atoms with E-state index in [4.69, 9.17) is 0 Å². The van der Waals surface area contributed by atoms with Crippen LogP contribution in [0, 0.1) is 34.5 Å². The van der Waals surface area contributed by atoms with E-state index >= 15 is 0 Å². The molecule has 3 saturated carbocycles. The summed E-state index contributed by atoms with van der Waals surface area (Å²) in [6.07, 6.45) is 15.4. The van der Waals surface area contributed by atoms with Gasteiger partial charge in [0.15, 0.2) is 0 Å². The van der Waals surface area contributed by atoms with E-state index in [2.05, 4.69) is 33.4 Å². The first-order valence-corrected chi connectivity index (χ1v) is 9.88. The van der Waals surface area contributed by atoms with Crippen LogP contribution in [0.5, 0.6) is 0 Å². The minimum atomic E-state index is 0.550. The summed E-state index contributed by atoms with van der Waals surface area (Å²) < 4.78 is 0. The van der Waals surface area contributed by atoms with E-state index in [9.17, 15) is 0 Å². The summed E-state index contributed by atoms with van der Waals surface area (Å²) in [5, 5.41) is 0. The van der Waals surface area contributed by atoms with Crippen LogP contribution in [0.25, 0.3) is 0 Å². The monoisotopic (exact) mass is 298 g/mol. The average molecular weight is 299 g/mol. The number of allylic oxidation sites excluding steroid dienone is 3. The Morgan fingerprint density at radius 2 is 2.00 bits per heavy atom. The van der Waals surface area contributed by atoms with Gasteiger partial charge in [0.25, 0.3) is 0 Å². The van der Waals surface area contributed by atoms with Crippen LogP contribution >= 0.6 is 0 Å². The fraction of sp³-hybridized carbons (Fsp3) is 0.818. The Bertz CT molecular complexity index is 512. The number of rotatable bonds is 1. The molecule has 6 atom stereocenters. The van der Waals surface area contributed by atoms with Gasteiger partial charge in [0.1, 0.15) is 0 Å². The molecule has 22 heavy (non-hydrogen) atoms. The molecule has 4 aliphatic rings. The van der Waals surface area contributed by atoms with E-state index in [0.29, 0.717) is 10.8 Å². The van der Waals surface area contributed by atoms with Crippen molar-refractivity contribution >= 4 is 0 Å². The van der Waals surface area contributed by atoms with E-state index in [1.807, 2.05) is 5.57 Å². The van der Waals surface area contributed by atoms with Crippen molar-refractivity contribution in [3.8, 4) is 0 Å². The molecule has 0 aromatic rings. The second kappa shape index (κ2) is 4.99. The Kier molecular flexibility index (Phi) is 3.41. The van der Waals surface area contributed by atoms with Crippen molar-refractivity contribution in [2.24, 2.45) is 34.5 Å². The standard InChI is InChI=1S/C22H34/c1-5-18-15(2)14-20-17-10-9-16-8-6-7-12-21(16,3)19(17)11-13-22(18,20)4/h9,17-20H,2,5-8,10-14H2,1,3-4H3/t17-,18+,19+,20+,21+,22-/m1/s1. The van der Waals surface area contributed by atoms with Crippen molar-refractivity contribution in [1.82, 2.24) is 0 Å². The van der Waals surface area contributed by atoms with E-state index in [1.165, 1.54) is 57.8 Å². The molecule has 0 spiro atoms. The number of fused-ring (bicyclic) bond motifs is 5. The van der Waals surface area contributed by atoms with Crippen molar-refractivity contribution < 1.29 is 0 Å². The molecule has 0 N–H and O–H groups in total. The van der Waals surface area contributed by atoms with Crippen LogP contribution in [-0.2, 0) is 0 Å². The SMILES string of the molecule is C=C1C[C@H]2[C@@H]3CC=C4CCCC[C@]4(C)[C@H]3CC[C@]2(C)[C@H]1CC. The molecule has 4 rings (SSSR count). The third-order valence-electron chi connectivity index (χ3n) is 8.63. The van der Waals surface area contributed by atoms with Gasteiger partial charge >= 0.3 is 0 Å². The first kappa shape index (κ1) is 15.0. The molecule has 0 bridgehead atoms. The summed E-state index contributed by atoms with van der Waals surface area (Å²) in [6.45, 7) is 12.1. The predicted octanol–water partition coefficient (Wildman–Crippen LogP) is 6.53. The molecule has 0 radical (unpaired) electrons. The number of hydrogen-bond donors (Lipinski definition) is 0. The molecular formula is C22H34. The van der Waals surface area contributed by atoms with E-state index in [0.717, 1.165) is 23.7 Å².